The Balaban J connectivity index is 1.15. The number of nitrogen functional groups attached to an aromatic ring is 1. The smallest absolute Gasteiger partial charge is 0.387 e. The molecule has 1 fully saturated rings. The fraction of sp³-hybridized carbons (Fsp3) is 0.675. The second-order valence-corrected chi connectivity index (χ2v) is 15.9. The molecule has 1 aromatic carbocycles. The highest BCUT2D eigenvalue weighted by atomic mass is 31.2. The molecule has 14 nitrogen and oxygen atoms in total. The van der Waals surface area contributed by atoms with Crippen molar-refractivity contribution < 1.29 is 42.9 Å². The number of aromatic nitrogens is 3. The molecule has 2 unspecified atom stereocenters. The number of anilines is 1. The van der Waals surface area contributed by atoms with Gasteiger partial charge in [0.25, 0.3) is 0 Å². The van der Waals surface area contributed by atoms with E-state index in [2.05, 4.69) is 17.0 Å². The molecule has 3 aromatic rings. The number of benzene rings is 1. The van der Waals surface area contributed by atoms with Crippen molar-refractivity contribution in [1.82, 2.24) is 14.6 Å². The molecule has 1 aliphatic rings. The van der Waals surface area contributed by atoms with Crippen LogP contribution in [-0.4, -0.2) is 80.5 Å². The summed E-state index contributed by atoms with van der Waals surface area (Å²) in [7, 11) is -4.71. The van der Waals surface area contributed by atoms with Crippen molar-refractivity contribution in [3.05, 3.63) is 60.0 Å². The number of unbranched alkanes of at least 4 members (excludes halogenated alkanes) is 15. The fourth-order valence-corrected chi connectivity index (χ4v) is 7.60. The van der Waals surface area contributed by atoms with Gasteiger partial charge >= 0.3 is 7.82 Å². The van der Waals surface area contributed by atoms with Crippen LogP contribution in [0.4, 0.5) is 5.82 Å². The first kappa shape index (κ1) is 44.8. The van der Waals surface area contributed by atoms with Gasteiger partial charge in [-0.1, -0.05) is 134 Å². The molecule has 0 saturated carbocycles. The van der Waals surface area contributed by atoms with Crippen molar-refractivity contribution in [2.24, 2.45) is 0 Å². The molecule has 0 bridgehead atoms. The summed E-state index contributed by atoms with van der Waals surface area (Å²) in [5, 5.41) is 36.0. The molecule has 4 rings (SSSR count). The van der Waals surface area contributed by atoms with Gasteiger partial charge in [0.05, 0.1) is 32.1 Å². The molecule has 15 heteroatoms. The maximum Gasteiger partial charge on any atom is 0.472 e. The number of nitriles is 1. The van der Waals surface area contributed by atoms with Crippen molar-refractivity contribution in [3.63, 3.8) is 0 Å². The van der Waals surface area contributed by atoms with Gasteiger partial charge in [-0.2, -0.15) is 10.4 Å². The lowest BCUT2D eigenvalue weighted by Gasteiger charge is -2.24. The standard InChI is InChI=1S/C40H62N5O9P/c1-2-3-4-5-6-7-8-9-10-11-12-13-14-15-16-20-25-50-27-33(51-26-32-21-18-17-19-22-32)28-52-55(48,49)53-29-35-37(46)38(47)40(30-41,54-35)36-24-23-34-39(42)43-31-44-45(34)36/h17-19,21-24,31,33,35,37-38,46-47H,2-16,20,25-29H2,1H3,(H,48,49)(H2,42,43,44)/t33?,35-,37-,38-,40+/m1/s1. The lowest BCUT2D eigenvalue weighted by Crippen LogP contribution is -2.41. The van der Waals surface area contributed by atoms with Crippen LogP contribution in [0.15, 0.2) is 48.8 Å². The molecule has 3 heterocycles. The zero-order chi connectivity index (χ0) is 39.4. The van der Waals surface area contributed by atoms with Crippen LogP contribution >= 0.6 is 7.82 Å². The zero-order valence-electron chi connectivity index (χ0n) is 32.4. The normalized spacial score (nSPS) is 21.5. The average Bonchev–Trinajstić information content (AvgIpc) is 3.74. The number of aliphatic hydroxyl groups is 2. The lowest BCUT2D eigenvalue weighted by molar-refractivity contribution is -0.0690. The first-order chi connectivity index (χ1) is 26.7. The van der Waals surface area contributed by atoms with Gasteiger partial charge in [0.1, 0.15) is 42.3 Å². The molecule has 1 aliphatic heterocycles. The van der Waals surface area contributed by atoms with Gasteiger partial charge in [0.15, 0.2) is 5.82 Å². The summed E-state index contributed by atoms with van der Waals surface area (Å²) in [6.45, 7) is 2.21. The van der Waals surface area contributed by atoms with Gasteiger partial charge in [-0.3, -0.25) is 9.05 Å². The predicted octanol–water partition coefficient (Wildman–Crippen LogP) is 7.15. The second kappa shape index (κ2) is 24.0. The van der Waals surface area contributed by atoms with Crippen molar-refractivity contribution in [2.45, 2.75) is 146 Å². The van der Waals surface area contributed by atoms with E-state index in [0.29, 0.717) is 12.1 Å². The number of rotatable bonds is 29. The Morgan fingerprint density at radius 2 is 1.53 bits per heavy atom. The summed E-state index contributed by atoms with van der Waals surface area (Å²) in [5.41, 5.74) is 5.21. The van der Waals surface area contributed by atoms with Crippen molar-refractivity contribution >= 4 is 19.2 Å². The van der Waals surface area contributed by atoms with Crippen molar-refractivity contribution in [2.75, 3.05) is 32.2 Å². The van der Waals surface area contributed by atoms with Crippen LogP contribution in [0.2, 0.25) is 0 Å². The van der Waals surface area contributed by atoms with Crippen molar-refractivity contribution in [3.8, 4) is 6.07 Å². The number of fused-ring (bicyclic) bond motifs is 1. The number of nitrogens with zero attached hydrogens (tertiary/aromatic N) is 4. The first-order valence-corrected chi connectivity index (χ1v) is 21.6. The Kier molecular flexibility index (Phi) is 19.5. The van der Waals surface area contributed by atoms with E-state index in [1.807, 2.05) is 36.4 Å². The Morgan fingerprint density at radius 3 is 2.15 bits per heavy atom. The minimum Gasteiger partial charge on any atom is -0.387 e. The van der Waals surface area contributed by atoms with E-state index in [-0.39, 0.29) is 31.3 Å². The van der Waals surface area contributed by atoms with Crippen LogP contribution in [-0.2, 0) is 40.0 Å². The van der Waals surface area contributed by atoms with E-state index in [4.69, 9.17) is 29.0 Å². The van der Waals surface area contributed by atoms with Crippen molar-refractivity contribution in [1.29, 1.82) is 5.26 Å². The number of hydrogen-bond acceptors (Lipinski definition) is 12. The largest absolute Gasteiger partial charge is 0.472 e. The molecule has 306 valence electrons. The van der Waals surface area contributed by atoms with Crippen LogP contribution in [0.5, 0.6) is 0 Å². The van der Waals surface area contributed by atoms with E-state index in [9.17, 15) is 24.9 Å². The van der Waals surface area contributed by atoms with Gasteiger partial charge in [0, 0.05) is 6.61 Å². The highest BCUT2D eigenvalue weighted by molar-refractivity contribution is 7.47. The summed E-state index contributed by atoms with van der Waals surface area (Å²) in [6, 6.07) is 14.5. The number of phosphoric ester groups is 1. The van der Waals surface area contributed by atoms with Crippen LogP contribution in [0.25, 0.3) is 5.52 Å². The third-order valence-corrected chi connectivity index (χ3v) is 11.0. The van der Waals surface area contributed by atoms with E-state index < -0.39 is 44.4 Å². The van der Waals surface area contributed by atoms with Gasteiger partial charge in [0.2, 0.25) is 5.60 Å². The minimum atomic E-state index is -4.71. The highest BCUT2D eigenvalue weighted by Crippen LogP contribution is 2.46. The monoisotopic (exact) mass is 787 g/mol. The number of ether oxygens (including phenoxy) is 3. The molecule has 0 spiro atoms. The van der Waals surface area contributed by atoms with Crippen LogP contribution in [0.3, 0.4) is 0 Å². The van der Waals surface area contributed by atoms with Crippen LogP contribution in [0, 0.1) is 11.3 Å². The van der Waals surface area contributed by atoms with E-state index >= 15 is 0 Å². The molecule has 0 amide bonds. The molecule has 6 atom stereocenters. The SMILES string of the molecule is CCCCCCCCCCCCCCCCCCOCC(COP(=O)(O)OC[C@H]1O[C@@](C#N)(c2ccc3c(N)ncnn23)[C@H](O)[C@@H]1O)OCc1ccccc1. The number of nitrogens with two attached hydrogens (primary N) is 1. The van der Waals surface area contributed by atoms with Gasteiger partial charge < -0.3 is 35.1 Å². The predicted molar refractivity (Wildman–Crippen MR) is 209 cm³/mol. The van der Waals surface area contributed by atoms with E-state index in [0.717, 1.165) is 18.4 Å². The molecular weight excluding hydrogens is 725 g/mol. The van der Waals surface area contributed by atoms with Gasteiger partial charge in [-0.25, -0.2) is 14.1 Å². The van der Waals surface area contributed by atoms with Gasteiger partial charge in [-0.15, -0.1) is 0 Å². The van der Waals surface area contributed by atoms with Crippen LogP contribution < -0.4 is 5.73 Å². The van der Waals surface area contributed by atoms with E-state index in [1.54, 1.807) is 6.07 Å². The zero-order valence-corrected chi connectivity index (χ0v) is 33.3. The number of phosphoric acid groups is 1. The van der Waals surface area contributed by atoms with E-state index in [1.165, 1.54) is 107 Å². The highest BCUT2D eigenvalue weighted by Gasteiger charge is 2.58. The topological polar surface area (TPSA) is 204 Å². The molecule has 1 saturated heterocycles. The molecule has 0 radical (unpaired) electrons. The summed E-state index contributed by atoms with van der Waals surface area (Å²) in [5.74, 6) is 0.136. The van der Waals surface area contributed by atoms with Gasteiger partial charge in [-0.05, 0) is 24.1 Å². The molecule has 5 N–H and O–H groups in total. The summed E-state index contributed by atoms with van der Waals surface area (Å²) >= 11 is 0. The fourth-order valence-electron chi connectivity index (χ4n) is 6.83. The molecular formula is C40H62N5O9P. The maximum absolute atomic E-state index is 13.0. The Hall–Kier alpha value is -2.96. The number of aliphatic hydroxyl groups excluding tert-OH is 2. The Bertz CT molecular complexity index is 1610. The third-order valence-electron chi connectivity index (χ3n) is 10.1. The molecule has 55 heavy (non-hydrogen) atoms. The van der Waals surface area contributed by atoms with Crippen LogP contribution in [0.1, 0.15) is 121 Å². The maximum atomic E-state index is 13.0. The first-order valence-electron chi connectivity index (χ1n) is 20.1. The minimum absolute atomic E-state index is 0.0922. The summed E-state index contributed by atoms with van der Waals surface area (Å²) < 4.78 is 42.5. The summed E-state index contributed by atoms with van der Waals surface area (Å²) in [6.07, 6.45) is 16.4. The third kappa shape index (κ3) is 14.2. The summed E-state index contributed by atoms with van der Waals surface area (Å²) in [4.78, 5) is 14.5. The molecule has 2 aromatic heterocycles. The Morgan fingerprint density at radius 1 is 0.909 bits per heavy atom. The molecule has 0 aliphatic carbocycles. The second-order valence-electron chi connectivity index (χ2n) is 14.5. The Labute approximate surface area is 325 Å². The quantitative estimate of drug-likeness (QED) is 0.0408. The average molecular weight is 788 g/mol. The lowest BCUT2D eigenvalue weighted by atomic mass is 9.92. The number of hydrogen-bond donors (Lipinski definition) is 4.